The maximum absolute atomic E-state index is 11.8. The van der Waals surface area contributed by atoms with Crippen molar-refractivity contribution >= 4 is 17.2 Å². The number of aromatic nitrogens is 3. The van der Waals surface area contributed by atoms with Crippen LogP contribution in [-0.2, 0) is 0 Å². The molecule has 2 N–H and O–H groups in total. The van der Waals surface area contributed by atoms with Crippen molar-refractivity contribution in [3.8, 4) is 0 Å². The molecule has 0 fully saturated rings. The fraction of sp³-hybridized carbons (Fsp3) is 0.273. The van der Waals surface area contributed by atoms with Crippen molar-refractivity contribution in [2.45, 2.75) is 19.9 Å². The van der Waals surface area contributed by atoms with Crippen LogP contribution in [0.2, 0.25) is 0 Å². The average molecular weight is 264 g/mol. The van der Waals surface area contributed by atoms with Crippen LogP contribution in [0.3, 0.4) is 0 Å². The van der Waals surface area contributed by atoms with Gasteiger partial charge in [-0.05, 0) is 19.9 Å². The highest BCUT2D eigenvalue weighted by atomic mass is 32.1. The molecular formula is C11H12N4O2S. The molecule has 0 aliphatic carbocycles. The minimum absolute atomic E-state index is 0.176. The first-order valence-electron chi connectivity index (χ1n) is 5.35. The zero-order valence-corrected chi connectivity index (χ0v) is 10.7. The molecule has 94 valence electrons. The number of rotatable bonds is 3. The summed E-state index contributed by atoms with van der Waals surface area (Å²) in [4.78, 5) is 27.0. The molecule has 18 heavy (non-hydrogen) atoms. The van der Waals surface area contributed by atoms with Crippen LogP contribution in [-0.4, -0.2) is 21.1 Å². The van der Waals surface area contributed by atoms with E-state index in [0.29, 0.717) is 0 Å². The highest BCUT2D eigenvalue weighted by Crippen LogP contribution is 2.17. The van der Waals surface area contributed by atoms with Gasteiger partial charge in [0, 0.05) is 17.1 Å². The third-order valence-electron chi connectivity index (χ3n) is 2.27. The number of hydrogen-bond acceptors (Lipinski definition) is 5. The van der Waals surface area contributed by atoms with Gasteiger partial charge in [-0.15, -0.1) is 11.3 Å². The normalized spacial score (nSPS) is 12.1. The van der Waals surface area contributed by atoms with E-state index < -0.39 is 0 Å². The first kappa shape index (κ1) is 12.4. The third-order valence-corrected chi connectivity index (χ3v) is 3.41. The van der Waals surface area contributed by atoms with E-state index in [1.807, 2.05) is 19.2 Å². The lowest BCUT2D eigenvalue weighted by atomic mass is 10.3. The molecule has 0 aliphatic heterocycles. The predicted octanol–water partition coefficient (Wildman–Crippen LogP) is 1.03. The van der Waals surface area contributed by atoms with Gasteiger partial charge in [0.15, 0.2) is 0 Å². The summed E-state index contributed by atoms with van der Waals surface area (Å²) in [6.07, 6.45) is 0. The number of carbonyl (C=O) groups excluding carboxylic acids is 1. The van der Waals surface area contributed by atoms with Crippen LogP contribution in [0, 0.1) is 6.92 Å². The second-order valence-electron chi connectivity index (χ2n) is 3.83. The van der Waals surface area contributed by atoms with E-state index in [2.05, 4.69) is 20.5 Å². The molecule has 0 aliphatic rings. The third kappa shape index (κ3) is 2.80. The van der Waals surface area contributed by atoms with Gasteiger partial charge in [0.05, 0.1) is 6.04 Å². The maximum Gasteiger partial charge on any atom is 0.272 e. The SMILES string of the molecule is Cc1csc(C(C)NC(=O)c2ccc(=O)[nH]n2)n1. The van der Waals surface area contributed by atoms with Crippen molar-refractivity contribution in [1.82, 2.24) is 20.5 Å². The summed E-state index contributed by atoms with van der Waals surface area (Å²) >= 11 is 1.49. The fourth-order valence-electron chi connectivity index (χ4n) is 1.37. The Morgan fingerprint density at radius 1 is 1.50 bits per heavy atom. The number of carbonyl (C=O) groups is 1. The van der Waals surface area contributed by atoms with Crippen molar-refractivity contribution in [3.63, 3.8) is 0 Å². The van der Waals surface area contributed by atoms with Gasteiger partial charge < -0.3 is 5.32 Å². The Morgan fingerprint density at radius 2 is 2.28 bits per heavy atom. The van der Waals surface area contributed by atoms with E-state index in [4.69, 9.17) is 0 Å². The monoisotopic (exact) mass is 264 g/mol. The minimum Gasteiger partial charge on any atom is -0.342 e. The van der Waals surface area contributed by atoms with Gasteiger partial charge in [-0.3, -0.25) is 9.59 Å². The molecule has 1 unspecified atom stereocenters. The van der Waals surface area contributed by atoms with Crippen LogP contribution in [0.15, 0.2) is 22.3 Å². The number of amides is 1. The molecule has 1 atom stereocenters. The Kier molecular flexibility index (Phi) is 3.52. The summed E-state index contributed by atoms with van der Waals surface area (Å²) in [5.74, 6) is -0.341. The second-order valence-corrected chi connectivity index (χ2v) is 4.72. The van der Waals surface area contributed by atoms with Gasteiger partial charge in [0.1, 0.15) is 10.7 Å². The van der Waals surface area contributed by atoms with Gasteiger partial charge in [-0.1, -0.05) is 0 Å². The Hall–Kier alpha value is -2.02. The van der Waals surface area contributed by atoms with Crippen molar-refractivity contribution in [3.05, 3.63) is 44.3 Å². The van der Waals surface area contributed by atoms with Crippen LogP contribution in [0.1, 0.15) is 34.2 Å². The lowest BCUT2D eigenvalue weighted by Gasteiger charge is -2.10. The van der Waals surface area contributed by atoms with Gasteiger partial charge >= 0.3 is 0 Å². The second kappa shape index (κ2) is 5.09. The summed E-state index contributed by atoms with van der Waals surface area (Å²) < 4.78 is 0. The van der Waals surface area contributed by atoms with Crippen molar-refractivity contribution in [1.29, 1.82) is 0 Å². The Labute approximate surface area is 107 Å². The van der Waals surface area contributed by atoms with Gasteiger partial charge in [-0.25, -0.2) is 10.1 Å². The van der Waals surface area contributed by atoms with Gasteiger partial charge in [0.25, 0.3) is 11.5 Å². The lowest BCUT2D eigenvalue weighted by Crippen LogP contribution is -2.28. The Balaban J connectivity index is 2.07. The van der Waals surface area contributed by atoms with Crippen molar-refractivity contribution < 1.29 is 4.79 Å². The molecule has 7 heteroatoms. The molecule has 1 amide bonds. The Morgan fingerprint density at radius 3 is 2.83 bits per heavy atom. The maximum atomic E-state index is 11.8. The van der Waals surface area contributed by atoms with E-state index in [1.165, 1.54) is 23.5 Å². The largest absolute Gasteiger partial charge is 0.342 e. The molecule has 0 saturated heterocycles. The van der Waals surface area contributed by atoms with E-state index in [1.54, 1.807) is 0 Å². The summed E-state index contributed by atoms with van der Waals surface area (Å²) in [7, 11) is 0. The molecule has 0 bridgehead atoms. The van der Waals surface area contributed by atoms with Gasteiger partial charge in [-0.2, -0.15) is 5.10 Å². The highest BCUT2D eigenvalue weighted by Gasteiger charge is 2.14. The smallest absolute Gasteiger partial charge is 0.272 e. The van der Waals surface area contributed by atoms with Crippen LogP contribution >= 0.6 is 11.3 Å². The van der Waals surface area contributed by atoms with Crippen LogP contribution in [0.25, 0.3) is 0 Å². The zero-order chi connectivity index (χ0) is 13.1. The molecule has 2 aromatic heterocycles. The molecule has 2 rings (SSSR count). The van der Waals surface area contributed by atoms with Crippen LogP contribution in [0.4, 0.5) is 0 Å². The first-order valence-corrected chi connectivity index (χ1v) is 6.23. The summed E-state index contributed by atoms with van der Waals surface area (Å²) in [5, 5.41) is 11.4. The molecule has 6 nitrogen and oxygen atoms in total. The molecular weight excluding hydrogens is 252 g/mol. The number of aromatic amines is 1. The standard InChI is InChI=1S/C11H12N4O2S/c1-6-5-18-11(12-6)7(2)13-10(17)8-3-4-9(16)15-14-8/h3-5,7H,1-2H3,(H,13,17)(H,15,16). The van der Waals surface area contributed by atoms with Crippen molar-refractivity contribution in [2.75, 3.05) is 0 Å². The van der Waals surface area contributed by atoms with Crippen LogP contribution in [0.5, 0.6) is 0 Å². The Bertz CT molecular complexity index is 599. The first-order chi connectivity index (χ1) is 8.56. The fourth-order valence-corrected chi connectivity index (χ4v) is 2.18. The topological polar surface area (TPSA) is 87.7 Å². The number of nitrogens with one attached hydrogen (secondary N) is 2. The summed E-state index contributed by atoms with van der Waals surface area (Å²) in [6, 6.07) is 2.46. The number of hydrogen-bond donors (Lipinski definition) is 2. The minimum atomic E-state index is -0.341. The molecule has 0 saturated carbocycles. The number of H-pyrrole nitrogens is 1. The summed E-state index contributed by atoms with van der Waals surface area (Å²) in [5.41, 5.74) is 0.767. The van der Waals surface area contributed by atoms with Crippen molar-refractivity contribution in [2.24, 2.45) is 0 Å². The van der Waals surface area contributed by atoms with Gasteiger partial charge in [0.2, 0.25) is 0 Å². The molecule has 0 aromatic carbocycles. The number of aryl methyl sites for hydroxylation is 1. The lowest BCUT2D eigenvalue weighted by molar-refractivity contribution is 0.0933. The molecule has 0 radical (unpaired) electrons. The summed E-state index contributed by atoms with van der Waals surface area (Å²) in [6.45, 7) is 3.75. The quantitative estimate of drug-likeness (QED) is 0.866. The predicted molar refractivity (Wildman–Crippen MR) is 67.6 cm³/mol. The zero-order valence-electron chi connectivity index (χ0n) is 9.93. The van der Waals surface area contributed by atoms with E-state index in [-0.39, 0.29) is 23.2 Å². The highest BCUT2D eigenvalue weighted by molar-refractivity contribution is 7.09. The van der Waals surface area contributed by atoms with E-state index in [9.17, 15) is 9.59 Å². The molecule has 2 heterocycles. The number of nitrogens with zero attached hydrogens (tertiary/aromatic N) is 2. The molecule has 0 spiro atoms. The van der Waals surface area contributed by atoms with E-state index >= 15 is 0 Å². The van der Waals surface area contributed by atoms with Crippen LogP contribution < -0.4 is 10.9 Å². The van der Waals surface area contributed by atoms with E-state index in [0.717, 1.165) is 10.7 Å². The average Bonchev–Trinajstić information content (AvgIpc) is 2.76. The molecule has 2 aromatic rings. The number of thiazole rings is 1.